The first-order valence-electron chi connectivity index (χ1n) is 7.64. The standard InChI is InChI=1S/C15H24N4/c1-2-13-14(19-8-6-12(16)7-9-19)10-17-15(18-13)11-4-3-5-11/h10-12H,2-9,16H2,1H3. The van der Waals surface area contributed by atoms with Gasteiger partial charge in [0, 0.05) is 25.0 Å². The molecule has 0 radical (unpaired) electrons. The summed E-state index contributed by atoms with van der Waals surface area (Å²) in [5.74, 6) is 1.69. The van der Waals surface area contributed by atoms with E-state index in [0.29, 0.717) is 12.0 Å². The summed E-state index contributed by atoms with van der Waals surface area (Å²) in [5.41, 5.74) is 8.43. The lowest BCUT2D eigenvalue weighted by Gasteiger charge is -2.33. The van der Waals surface area contributed by atoms with Crippen LogP contribution in [0.4, 0.5) is 5.69 Å². The van der Waals surface area contributed by atoms with E-state index in [0.717, 1.165) is 38.2 Å². The number of anilines is 1. The Morgan fingerprint density at radius 2 is 2.00 bits per heavy atom. The van der Waals surface area contributed by atoms with Gasteiger partial charge in [-0.1, -0.05) is 13.3 Å². The lowest BCUT2D eigenvalue weighted by Crippen LogP contribution is -2.40. The van der Waals surface area contributed by atoms with Gasteiger partial charge < -0.3 is 10.6 Å². The van der Waals surface area contributed by atoms with Gasteiger partial charge in [0.15, 0.2) is 0 Å². The van der Waals surface area contributed by atoms with Crippen LogP contribution in [0.25, 0.3) is 0 Å². The van der Waals surface area contributed by atoms with Gasteiger partial charge in [-0.3, -0.25) is 0 Å². The minimum absolute atomic E-state index is 0.372. The van der Waals surface area contributed by atoms with E-state index in [1.54, 1.807) is 0 Å². The first-order valence-corrected chi connectivity index (χ1v) is 7.64. The van der Waals surface area contributed by atoms with Crippen LogP contribution in [0.5, 0.6) is 0 Å². The quantitative estimate of drug-likeness (QED) is 0.905. The number of nitrogens with two attached hydrogens (primary N) is 1. The molecule has 0 spiro atoms. The molecule has 1 saturated carbocycles. The van der Waals surface area contributed by atoms with E-state index in [4.69, 9.17) is 10.7 Å². The molecule has 2 aliphatic rings. The molecule has 1 aromatic rings. The fraction of sp³-hybridized carbons (Fsp3) is 0.733. The van der Waals surface area contributed by atoms with Gasteiger partial charge in [-0.05, 0) is 32.1 Å². The van der Waals surface area contributed by atoms with Crippen LogP contribution < -0.4 is 10.6 Å². The molecule has 104 valence electrons. The molecule has 4 heteroatoms. The van der Waals surface area contributed by atoms with Gasteiger partial charge in [-0.15, -0.1) is 0 Å². The van der Waals surface area contributed by atoms with Gasteiger partial charge >= 0.3 is 0 Å². The molecule has 2 N–H and O–H groups in total. The second-order valence-electron chi connectivity index (χ2n) is 5.87. The third kappa shape index (κ3) is 2.59. The summed E-state index contributed by atoms with van der Waals surface area (Å²) in [7, 11) is 0. The summed E-state index contributed by atoms with van der Waals surface area (Å²) >= 11 is 0. The molecule has 0 bridgehead atoms. The van der Waals surface area contributed by atoms with Gasteiger partial charge in [-0.25, -0.2) is 9.97 Å². The van der Waals surface area contributed by atoms with Crippen molar-refractivity contribution in [2.75, 3.05) is 18.0 Å². The highest BCUT2D eigenvalue weighted by Gasteiger charge is 2.24. The van der Waals surface area contributed by atoms with Crippen molar-refractivity contribution in [2.24, 2.45) is 5.73 Å². The first-order chi connectivity index (χ1) is 9.28. The Hall–Kier alpha value is -1.16. The highest BCUT2D eigenvalue weighted by Crippen LogP contribution is 2.35. The molecule has 0 aromatic carbocycles. The van der Waals surface area contributed by atoms with E-state index < -0.39 is 0 Å². The number of rotatable bonds is 3. The average molecular weight is 260 g/mol. The second-order valence-corrected chi connectivity index (χ2v) is 5.87. The van der Waals surface area contributed by atoms with Gasteiger partial charge in [0.1, 0.15) is 5.82 Å². The Morgan fingerprint density at radius 1 is 1.26 bits per heavy atom. The van der Waals surface area contributed by atoms with Crippen LogP contribution in [0, 0.1) is 0 Å². The van der Waals surface area contributed by atoms with Crippen LogP contribution in [-0.2, 0) is 6.42 Å². The van der Waals surface area contributed by atoms with Crippen molar-refractivity contribution >= 4 is 5.69 Å². The van der Waals surface area contributed by atoms with Crippen LogP contribution in [0.2, 0.25) is 0 Å². The molecule has 1 saturated heterocycles. The summed E-state index contributed by atoms with van der Waals surface area (Å²) in [6, 6.07) is 0.372. The number of hydrogen-bond acceptors (Lipinski definition) is 4. The number of aryl methyl sites for hydroxylation is 1. The summed E-state index contributed by atoms with van der Waals surface area (Å²) in [5, 5.41) is 0. The van der Waals surface area contributed by atoms with Crippen LogP contribution in [0.15, 0.2) is 6.20 Å². The van der Waals surface area contributed by atoms with Gasteiger partial charge in [0.2, 0.25) is 0 Å². The predicted octanol–water partition coefficient (Wildman–Crippen LogP) is 2.23. The summed E-state index contributed by atoms with van der Waals surface area (Å²) in [6.45, 7) is 4.27. The predicted molar refractivity (Wildman–Crippen MR) is 77.4 cm³/mol. The van der Waals surface area contributed by atoms with Crippen molar-refractivity contribution < 1.29 is 0 Å². The summed E-state index contributed by atoms with van der Waals surface area (Å²) in [4.78, 5) is 11.9. The first kappa shape index (κ1) is 12.9. The van der Waals surface area contributed by atoms with Crippen molar-refractivity contribution in [3.8, 4) is 0 Å². The summed E-state index contributed by atoms with van der Waals surface area (Å²) in [6.07, 6.45) is 9.06. The van der Waals surface area contributed by atoms with Crippen LogP contribution >= 0.6 is 0 Å². The molecule has 3 rings (SSSR count). The molecular weight excluding hydrogens is 236 g/mol. The lowest BCUT2D eigenvalue weighted by atomic mass is 9.85. The molecule has 0 amide bonds. The van der Waals surface area contributed by atoms with Gasteiger partial charge in [0.25, 0.3) is 0 Å². The van der Waals surface area contributed by atoms with Gasteiger partial charge in [0.05, 0.1) is 17.6 Å². The maximum absolute atomic E-state index is 5.98. The number of aromatic nitrogens is 2. The smallest absolute Gasteiger partial charge is 0.131 e. The highest BCUT2D eigenvalue weighted by atomic mass is 15.2. The molecule has 1 aliphatic carbocycles. The molecule has 2 fully saturated rings. The molecule has 0 unspecified atom stereocenters. The van der Waals surface area contributed by atoms with E-state index >= 15 is 0 Å². The zero-order chi connectivity index (χ0) is 13.2. The Bertz CT molecular complexity index is 434. The minimum Gasteiger partial charge on any atom is -0.369 e. The zero-order valence-corrected chi connectivity index (χ0v) is 11.8. The SMILES string of the molecule is CCc1nc(C2CCC2)ncc1N1CCC(N)CC1. The van der Waals surface area contributed by atoms with E-state index in [9.17, 15) is 0 Å². The molecule has 1 aliphatic heterocycles. The fourth-order valence-electron chi connectivity index (χ4n) is 2.95. The Kier molecular flexibility index (Phi) is 3.69. The van der Waals surface area contributed by atoms with Gasteiger partial charge in [-0.2, -0.15) is 0 Å². The van der Waals surface area contributed by atoms with Crippen molar-refractivity contribution in [1.29, 1.82) is 0 Å². The molecule has 1 aromatic heterocycles. The maximum atomic E-state index is 5.98. The van der Waals surface area contributed by atoms with Crippen molar-refractivity contribution in [1.82, 2.24) is 9.97 Å². The third-order valence-corrected chi connectivity index (χ3v) is 4.55. The average Bonchev–Trinajstić information content (AvgIpc) is 2.38. The monoisotopic (exact) mass is 260 g/mol. The Balaban J connectivity index is 1.80. The van der Waals surface area contributed by atoms with Crippen LogP contribution in [-0.4, -0.2) is 29.1 Å². The van der Waals surface area contributed by atoms with Crippen molar-refractivity contribution in [3.63, 3.8) is 0 Å². The largest absolute Gasteiger partial charge is 0.369 e. The number of nitrogens with zero attached hydrogens (tertiary/aromatic N) is 3. The normalized spacial score (nSPS) is 21.5. The third-order valence-electron chi connectivity index (χ3n) is 4.55. The van der Waals surface area contributed by atoms with Crippen LogP contribution in [0.1, 0.15) is 56.5 Å². The highest BCUT2D eigenvalue weighted by molar-refractivity contribution is 5.49. The van der Waals surface area contributed by atoms with E-state index in [1.165, 1.54) is 30.6 Å². The molecule has 19 heavy (non-hydrogen) atoms. The summed E-state index contributed by atoms with van der Waals surface area (Å²) < 4.78 is 0. The van der Waals surface area contributed by atoms with Crippen molar-refractivity contribution in [3.05, 3.63) is 17.7 Å². The fourth-order valence-corrected chi connectivity index (χ4v) is 2.95. The lowest BCUT2D eigenvalue weighted by molar-refractivity contribution is 0.400. The Labute approximate surface area is 115 Å². The van der Waals surface area contributed by atoms with E-state index in [2.05, 4.69) is 23.0 Å². The van der Waals surface area contributed by atoms with Crippen LogP contribution in [0.3, 0.4) is 0 Å². The Morgan fingerprint density at radius 3 is 2.58 bits per heavy atom. The molecule has 4 nitrogen and oxygen atoms in total. The topological polar surface area (TPSA) is 55.0 Å². The number of hydrogen-bond donors (Lipinski definition) is 1. The maximum Gasteiger partial charge on any atom is 0.131 e. The minimum atomic E-state index is 0.372. The molecule has 0 atom stereocenters. The number of piperidine rings is 1. The second kappa shape index (κ2) is 5.45. The zero-order valence-electron chi connectivity index (χ0n) is 11.8. The van der Waals surface area contributed by atoms with E-state index in [1.807, 2.05) is 0 Å². The van der Waals surface area contributed by atoms with Crippen molar-refractivity contribution in [2.45, 2.75) is 57.4 Å². The molecule has 2 heterocycles. The van der Waals surface area contributed by atoms with E-state index in [-0.39, 0.29) is 0 Å². The molecular formula is C15H24N4.